The standard InChI is InChI=1S/C22H25NO6/c1-15(2)26-12-16-7-9-17(10-8-16)22(25)28-14-21(24)23-11-18-13-27-19-5-3-4-6-20(19)29-18/h3-10,15,18H,11-14H2,1-2H3,(H,23,24)/t18-/m0/s1. The molecule has 0 saturated heterocycles. The van der Waals surface area contributed by atoms with Crippen molar-refractivity contribution in [1.29, 1.82) is 0 Å². The number of carbonyl (C=O) groups excluding carboxylic acids is 2. The Balaban J connectivity index is 1.38. The number of carbonyl (C=O) groups is 2. The molecule has 1 atom stereocenters. The minimum absolute atomic E-state index is 0.137. The molecule has 3 rings (SSSR count). The monoisotopic (exact) mass is 399 g/mol. The molecule has 0 aliphatic carbocycles. The molecule has 7 heteroatoms. The predicted octanol–water partition coefficient (Wildman–Crippen LogP) is 2.72. The maximum Gasteiger partial charge on any atom is 0.338 e. The fraction of sp³-hybridized carbons (Fsp3) is 0.364. The Hall–Kier alpha value is -3.06. The van der Waals surface area contributed by atoms with Crippen LogP contribution >= 0.6 is 0 Å². The Morgan fingerprint density at radius 1 is 1.10 bits per heavy atom. The number of esters is 1. The first-order chi connectivity index (χ1) is 14.0. The molecule has 0 fully saturated rings. The molecule has 0 radical (unpaired) electrons. The second-order valence-electron chi connectivity index (χ2n) is 6.93. The number of fused-ring (bicyclic) bond motifs is 1. The highest BCUT2D eigenvalue weighted by Crippen LogP contribution is 2.30. The third-order valence-corrected chi connectivity index (χ3v) is 4.20. The van der Waals surface area contributed by atoms with Crippen LogP contribution in [-0.4, -0.2) is 43.8 Å². The summed E-state index contributed by atoms with van der Waals surface area (Å²) >= 11 is 0. The Kier molecular flexibility index (Phi) is 7.08. The van der Waals surface area contributed by atoms with Crippen molar-refractivity contribution in [3.63, 3.8) is 0 Å². The molecule has 154 valence electrons. The lowest BCUT2D eigenvalue weighted by Gasteiger charge is -2.26. The van der Waals surface area contributed by atoms with E-state index in [0.717, 1.165) is 5.56 Å². The molecular formula is C22H25NO6. The van der Waals surface area contributed by atoms with Crippen LogP contribution in [-0.2, 0) is 20.9 Å². The second-order valence-corrected chi connectivity index (χ2v) is 6.93. The van der Waals surface area contributed by atoms with Crippen molar-refractivity contribution in [2.24, 2.45) is 0 Å². The topological polar surface area (TPSA) is 83.1 Å². The van der Waals surface area contributed by atoms with Gasteiger partial charge in [0.15, 0.2) is 18.1 Å². The quantitative estimate of drug-likeness (QED) is 0.688. The summed E-state index contributed by atoms with van der Waals surface area (Å²) in [6.45, 7) is 4.64. The molecule has 1 N–H and O–H groups in total. The van der Waals surface area contributed by atoms with E-state index in [4.69, 9.17) is 18.9 Å². The number of hydrogen-bond donors (Lipinski definition) is 1. The molecule has 2 aromatic rings. The first-order valence-electron chi connectivity index (χ1n) is 9.54. The van der Waals surface area contributed by atoms with Crippen LogP contribution < -0.4 is 14.8 Å². The minimum Gasteiger partial charge on any atom is -0.486 e. The summed E-state index contributed by atoms with van der Waals surface area (Å²) in [6, 6.07) is 14.3. The van der Waals surface area contributed by atoms with Crippen molar-refractivity contribution < 1.29 is 28.5 Å². The molecule has 0 spiro atoms. The van der Waals surface area contributed by atoms with Gasteiger partial charge in [0.05, 0.1) is 24.8 Å². The van der Waals surface area contributed by atoms with E-state index in [1.54, 1.807) is 24.3 Å². The van der Waals surface area contributed by atoms with Gasteiger partial charge in [-0.05, 0) is 43.7 Å². The molecule has 7 nitrogen and oxygen atoms in total. The Bertz CT molecular complexity index is 833. The maximum atomic E-state index is 12.1. The lowest BCUT2D eigenvalue weighted by molar-refractivity contribution is -0.124. The molecule has 1 aliphatic heterocycles. The molecule has 1 heterocycles. The van der Waals surface area contributed by atoms with Gasteiger partial charge in [-0.2, -0.15) is 0 Å². The van der Waals surface area contributed by atoms with Crippen molar-refractivity contribution in [1.82, 2.24) is 5.32 Å². The Labute approximate surface area is 169 Å². The summed E-state index contributed by atoms with van der Waals surface area (Å²) in [7, 11) is 0. The number of hydrogen-bond acceptors (Lipinski definition) is 6. The smallest absolute Gasteiger partial charge is 0.338 e. The van der Waals surface area contributed by atoms with Gasteiger partial charge < -0.3 is 24.3 Å². The van der Waals surface area contributed by atoms with Crippen LogP contribution in [0.3, 0.4) is 0 Å². The normalized spacial score (nSPS) is 15.1. The van der Waals surface area contributed by atoms with E-state index in [9.17, 15) is 9.59 Å². The molecule has 2 aromatic carbocycles. The van der Waals surface area contributed by atoms with E-state index in [2.05, 4.69) is 5.32 Å². The van der Waals surface area contributed by atoms with Gasteiger partial charge in [0.2, 0.25) is 0 Å². The van der Waals surface area contributed by atoms with Crippen LogP contribution in [0, 0.1) is 0 Å². The highest BCUT2D eigenvalue weighted by atomic mass is 16.6. The average Bonchev–Trinajstić information content (AvgIpc) is 2.74. The van der Waals surface area contributed by atoms with Crippen molar-refractivity contribution in [2.45, 2.75) is 32.7 Å². The molecule has 1 aliphatic rings. The molecule has 0 aromatic heterocycles. The van der Waals surface area contributed by atoms with E-state index in [1.165, 1.54) is 0 Å². The van der Waals surface area contributed by atoms with Crippen molar-refractivity contribution in [2.75, 3.05) is 19.8 Å². The summed E-state index contributed by atoms with van der Waals surface area (Å²) in [5.74, 6) is 0.378. The average molecular weight is 399 g/mol. The number of rotatable bonds is 8. The van der Waals surface area contributed by atoms with Crippen LogP contribution in [0.4, 0.5) is 0 Å². The van der Waals surface area contributed by atoms with Gasteiger partial charge in [0.25, 0.3) is 5.91 Å². The van der Waals surface area contributed by atoms with Crippen LogP contribution in [0.2, 0.25) is 0 Å². The zero-order chi connectivity index (χ0) is 20.6. The van der Waals surface area contributed by atoms with Crippen molar-refractivity contribution >= 4 is 11.9 Å². The molecule has 1 amide bonds. The predicted molar refractivity (Wildman–Crippen MR) is 106 cm³/mol. The minimum atomic E-state index is -0.553. The largest absolute Gasteiger partial charge is 0.486 e. The highest BCUT2D eigenvalue weighted by molar-refractivity contribution is 5.91. The lowest BCUT2D eigenvalue weighted by Crippen LogP contribution is -2.42. The highest BCUT2D eigenvalue weighted by Gasteiger charge is 2.21. The number of amides is 1. The fourth-order valence-corrected chi connectivity index (χ4v) is 2.66. The first kappa shape index (κ1) is 20.7. The fourth-order valence-electron chi connectivity index (χ4n) is 2.66. The summed E-state index contributed by atoms with van der Waals surface area (Å²) in [6.07, 6.45) is -0.163. The van der Waals surface area contributed by atoms with Gasteiger partial charge in [0.1, 0.15) is 12.7 Å². The zero-order valence-corrected chi connectivity index (χ0v) is 16.6. The number of benzene rings is 2. The Morgan fingerprint density at radius 3 is 2.55 bits per heavy atom. The maximum absolute atomic E-state index is 12.1. The summed E-state index contributed by atoms with van der Waals surface area (Å²) in [4.78, 5) is 24.1. The number of nitrogens with one attached hydrogen (secondary N) is 1. The van der Waals surface area contributed by atoms with Gasteiger partial charge in [-0.1, -0.05) is 24.3 Å². The van der Waals surface area contributed by atoms with Crippen LogP contribution in [0.5, 0.6) is 11.5 Å². The third-order valence-electron chi connectivity index (χ3n) is 4.20. The summed E-state index contributed by atoms with van der Waals surface area (Å²) in [5, 5.41) is 2.69. The molecule has 0 saturated carbocycles. The molecule has 29 heavy (non-hydrogen) atoms. The van der Waals surface area contributed by atoms with Crippen molar-refractivity contribution in [3.8, 4) is 11.5 Å². The van der Waals surface area contributed by atoms with Gasteiger partial charge in [-0.25, -0.2) is 4.79 Å². The van der Waals surface area contributed by atoms with Crippen LogP contribution in [0.15, 0.2) is 48.5 Å². The Morgan fingerprint density at radius 2 is 1.83 bits per heavy atom. The second kappa shape index (κ2) is 9.93. The summed E-state index contributed by atoms with van der Waals surface area (Å²) < 4.78 is 21.9. The molecule has 0 bridgehead atoms. The molecular weight excluding hydrogens is 374 g/mol. The van der Waals surface area contributed by atoms with Gasteiger partial charge in [-0.3, -0.25) is 4.79 Å². The van der Waals surface area contributed by atoms with Crippen molar-refractivity contribution in [3.05, 3.63) is 59.7 Å². The van der Waals surface area contributed by atoms with Crippen LogP contribution in [0.1, 0.15) is 29.8 Å². The van der Waals surface area contributed by atoms with Crippen LogP contribution in [0.25, 0.3) is 0 Å². The van der Waals surface area contributed by atoms with E-state index in [0.29, 0.717) is 30.3 Å². The first-order valence-corrected chi connectivity index (χ1v) is 9.54. The van der Waals surface area contributed by atoms with Gasteiger partial charge >= 0.3 is 5.97 Å². The van der Waals surface area contributed by atoms with E-state index in [-0.39, 0.29) is 25.4 Å². The van der Waals surface area contributed by atoms with Gasteiger partial charge in [0, 0.05) is 0 Å². The lowest BCUT2D eigenvalue weighted by atomic mass is 10.1. The van der Waals surface area contributed by atoms with E-state index in [1.807, 2.05) is 38.1 Å². The van der Waals surface area contributed by atoms with E-state index >= 15 is 0 Å². The van der Waals surface area contributed by atoms with Gasteiger partial charge in [-0.15, -0.1) is 0 Å². The number of ether oxygens (including phenoxy) is 4. The van der Waals surface area contributed by atoms with E-state index < -0.39 is 11.9 Å². The number of para-hydroxylation sites is 2. The SMILES string of the molecule is CC(C)OCc1ccc(C(=O)OCC(=O)NC[C@H]2COc3ccccc3O2)cc1. The zero-order valence-electron chi connectivity index (χ0n) is 16.6. The molecule has 0 unspecified atom stereocenters. The summed E-state index contributed by atoms with van der Waals surface area (Å²) in [5.41, 5.74) is 1.34. The third kappa shape index (κ3) is 6.22.